The average molecular weight is 383 g/mol. The van der Waals surface area contributed by atoms with Gasteiger partial charge in [0.1, 0.15) is 21.3 Å². The number of benzene rings is 1. The molecule has 0 fully saturated rings. The number of aryl methyl sites for hydroxylation is 1. The number of hydrogen-bond acceptors (Lipinski definition) is 7. The van der Waals surface area contributed by atoms with Crippen molar-refractivity contribution >= 4 is 35.4 Å². The summed E-state index contributed by atoms with van der Waals surface area (Å²) in [5.41, 5.74) is 7.60. The highest BCUT2D eigenvalue weighted by Crippen LogP contribution is 2.27. The summed E-state index contributed by atoms with van der Waals surface area (Å²) < 4.78 is 10.3. The number of nitrogens with zero attached hydrogens (tertiary/aromatic N) is 2. The summed E-state index contributed by atoms with van der Waals surface area (Å²) in [6.45, 7) is 3.25. The Bertz CT molecular complexity index is 992. The molecule has 0 saturated carbocycles. The third kappa shape index (κ3) is 4.29. The molecule has 2 heterocycles. The van der Waals surface area contributed by atoms with E-state index in [-0.39, 0.29) is 4.88 Å². The largest absolute Gasteiger partial charge is 0.448 e. The number of thiazole rings is 1. The van der Waals surface area contributed by atoms with E-state index in [4.69, 9.17) is 15.0 Å². The summed E-state index contributed by atoms with van der Waals surface area (Å²) in [5.74, 6) is -0.662. The summed E-state index contributed by atoms with van der Waals surface area (Å²) in [6.07, 6.45) is 4.02. The van der Waals surface area contributed by atoms with Gasteiger partial charge in [-0.15, -0.1) is 11.3 Å². The van der Waals surface area contributed by atoms with E-state index in [0.717, 1.165) is 28.2 Å². The Hall–Kier alpha value is -3.26. The zero-order valence-corrected chi connectivity index (χ0v) is 15.5. The molecule has 1 amide bonds. The second kappa shape index (κ2) is 7.96. The van der Waals surface area contributed by atoms with E-state index in [1.165, 1.54) is 13.1 Å². The maximum absolute atomic E-state index is 12.0. The number of primary amides is 1. The van der Waals surface area contributed by atoms with E-state index < -0.39 is 18.0 Å². The molecular weight excluding hydrogens is 366 g/mol. The summed E-state index contributed by atoms with van der Waals surface area (Å²) in [7, 11) is 0. The minimum Gasteiger partial charge on any atom is -0.448 e. The van der Waals surface area contributed by atoms with Crippen molar-refractivity contribution in [3.63, 3.8) is 0 Å². The van der Waals surface area contributed by atoms with Crippen molar-refractivity contribution in [2.45, 2.75) is 20.0 Å². The number of carbonyl (C=O) groups is 2. The first-order valence-electron chi connectivity index (χ1n) is 8.11. The lowest BCUT2D eigenvalue weighted by Crippen LogP contribution is -2.30. The van der Waals surface area contributed by atoms with E-state index in [1.807, 2.05) is 43.3 Å². The molecular formula is C19H17N3O4S. The van der Waals surface area contributed by atoms with E-state index in [1.54, 1.807) is 6.08 Å². The number of ether oxygens (including phenoxy) is 1. The first-order valence-corrected chi connectivity index (χ1v) is 8.93. The fourth-order valence-electron chi connectivity index (χ4n) is 2.27. The lowest BCUT2D eigenvalue weighted by molar-refractivity contribution is -0.125. The molecule has 1 aromatic carbocycles. The molecule has 1 atom stereocenters. The molecule has 0 spiro atoms. The van der Waals surface area contributed by atoms with Gasteiger partial charge in [-0.1, -0.05) is 35.5 Å². The van der Waals surface area contributed by atoms with Crippen LogP contribution in [0.25, 0.3) is 23.4 Å². The molecule has 0 aliphatic rings. The van der Waals surface area contributed by atoms with Crippen LogP contribution in [0.1, 0.15) is 32.9 Å². The van der Waals surface area contributed by atoms with Crippen LogP contribution in [0.3, 0.4) is 0 Å². The molecule has 0 aliphatic carbocycles. The zero-order chi connectivity index (χ0) is 19.4. The number of aromatic nitrogens is 2. The van der Waals surface area contributed by atoms with Gasteiger partial charge in [0.2, 0.25) is 0 Å². The maximum atomic E-state index is 12.0. The number of amides is 1. The van der Waals surface area contributed by atoms with Crippen LogP contribution >= 0.6 is 11.3 Å². The molecule has 1 unspecified atom stereocenters. The van der Waals surface area contributed by atoms with E-state index >= 15 is 0 Å². The molecule has 27 heavy (non-hydrogen) atoms. The number of hydrogen-bond donors (Lipinski definition) is 1. The predicted octanol–water partition coefficient (Wildman–Crippen LogP) is 3.31. The van der Waals surface area contributed by atoms with Crippen molar-refractivity contribution in [2.24, 2.45) is 5.73 Å². The van der Waals surface area contributed by atoms with Crippen LogP contribution in [0.15, 0.2) is 41.1 Å². The summed E-state index contributed by atoms with van der Waals surface area (Å²) in [4.78, 5) is 27.5. The minimum absolute atomic E-state index is 0.285. The summed E-state index contributed by atoms with van der Waals surface area (Å²) in [5, 5.41) is 4.72. The molecule has 8 heteroatoms. The van der Waals surface area contributed by atoms with Crippen LogP contribution in [0, 0.1) is 6.92 Å². The second-order valence-corrected chi connectivity index (χ2v) is 6.78. The van der Waals surface area contributed by atoms with Gasteiger partial charge in [0.25, 0.3) is 5.91 Å². The third-order valence-electron chi connectivity index (χ3n) is 3.76. The van der Waals surface area contributed by atoms with Gasteiger partial charge in [0, 0.05) is 11.1 Å². The topological polar surface area (TPSA) is 108 Å². The Balaban J connectivity index is 1.79. The Morgan fingerprint density at radius 3 is 2.70 bits per heavy atom. The van der Waals surface area contributed by atoms with E-state index in [2.05, 4.69) is 10.1 Å². The molecule has 138 valence electrons. The normalized spacial score (nSPS) is 12.2. The standard InChI is InChI=1S/C19H17N3O4S/c1-11-14(17(22-26-11)13-6-4-3-5-7-13)8-9-16-21-10-15(27-16)19(24)25-12(2)18(20)23/h3-10,12H,1-2H3,(H2,20,23). The van der Waals surface area contributed by atoms with Crippen molar-refractivity contribution in [3.8, 4) is 11.3 Å². The van der Waals surface area contributed by atoms with Crippen LogP contribution in [-0.4, -0.2) is 28.1 Å². The van der Waals surface area contributed by atoms with Gasteiger partial charge in [-0.05, 0) is 26.0 Å². The SMILES string of the molecule is Cc1onc(-c2ccccc2)c1C=Cc1ncc(C(=O)OC(C)C(N)=O)s1. The molecule has 7 nitrogen and oxygen atoms in total. The Labute approximate surface area is 159 Å². The molecule has 0 aliphatic heterocycles. The predicted molar refractivity (Wildman–Crippen MR) is 102 cm³/mol. The quantitative estimate of drug-likeness (QED) is 0.654. The van der Waals surface area contributed by atoms with Crippen molar-refractivity contribution in [3.05, 3.63) is 57.7 Å². The monoisotopic (exact) mass is 383 g/mol. The molecule has 2 N–H and O–H groups in total. The van der Waals surface area contributed by atoms with Gasteiger partial charge in [-0.2, -0.15) is 0 Å². The maximum Gasteiger partial charge on any atom is 0.350 e. The Morgan fingerprint density at radius 2 is 2.00 bits per heavy atom. The smallest absolute Gasteiger partial charge is 0.350 e. The van der Waals surface area contributed by atoms with Gasteiger partial charge in [-0.25, -0.2) is 9.78 Å². The van der Waals surface area contributed by atoms with E-state index in [9.17, 15) is 9.59 Å². The van der Waals surface area contributed by atoms with Crippen molar-refractivity contribution in [1.29, 1.82) is 0 Å². The van der Waals surface area contributed by atoms with Crippen molar-refractivity contribution in [2.75, 3.05) is 0 Å². The van der Waals surface area contributed by atoms with Crippen molar-refractivity contribution in [1.82, 2.24) is 10.1 Å². The first kappa shape index (κ1) is 18.5. The minimum atomic E-state index is -0.994. The van der Waals surface area contributed by atoms with Gasteiger partial charge in [0.15, 0.2) is 6.10 Å². The van der Waals surface area contributed by atoms with Gasteiger partial charge in [0.05, 0.1) is 6.20 Å². The summed E-state index contributed by atoms with van der Waals surface area (Å²) in [6, 6.07) is 9.69. The fourth-order valence-corrected chi connectivity index (χ4v) is 2.97. The lowest BCUT2D eigenvalue weighted by atomic mass is 10.1. The van der Waals surface area contributed by atoms with Crippen LogP contribution in [0.5, 0.6) is 0 Å². The zero-order valence-electron chi connectivity index (χ0n) is 14.7. The van der Waals surface area contributed by atoms with E-state index in [0.29, 0.717) is 10.8 Å². The molecule has 3 aromatic rings. The molecule has 0 saturated heterocycles. The average Bonchev–Trinajstić information content (AvgIpc) is 3.27. The van der Waals surface area contributed by atoms with Gasteiger partial charge >= 0.3 is 5.97 Å². The number of esters is 1. The highest BCUT2D eigenvalue weighted by atomic mass is 32.1. The molecule has 0 radical (unpaired) electrons. The molecule has 0 bridgehead atoms. The number of carbonyl (C=O) groups excluding carboxylic acids is 2. The Kier molecular flexibility index (Phi) is 5.46. The molecule has 3 rings (SSSR count). The van der Waals surface area contributed by atoms with Crippen LogP contribution in [0.4, 0.5) is 0 Å². The number of rotatable bonds is 6. The van der Waals surface area contributed by atoms with Crippen molar-refractivity contribution < 1.29 is 18.8 Å². The third-order valence-corrected chi connectivity index (χ3v) is 4.70. The molecule has 2 aromatic heterocycles. The highest BCUT2D eigenvalue weighted by molar-refractivity contribution is 7.14. The van der Waals surface area contributed by atoms with Crippen LogP contribution in [-0.2, 0) is 9.53 Å². The Morgan fingerprint density at radius 1 is 1.26 bits per heavy atom. The highest BCUT2D eigenvalue weighted by Gasteiger charge is 2.18. The first-order chi connectivity index (χ1) is 13.0. The second-order valence-electron chi connectivity index (χ2n) is 5.71. The van der Waals surface area contributed by atoms with Gasteiger partial charge < -0.3 is 15.0 Å². The lowest BCUT2D eigenvalue weighted by Gasteiger charge is -2.07. The van der Waals surface area contributed by atoms with Crippen LogP contribution < -0.4 is 5.73 Å². The summed E-state index contributed by atoms with van der Waals surface area (Å²) >= 11 is 1.15. The van der Waals surface area contributed by atoms with Crippen LogP contribution in [0.2, 0.25) is 0 Å². The number of nitrogens with two attached hydrogens (primary N) is 1. The van der Waals surface area contributed by atoms with Gasteiger partial charge in [-0.3, -0.25) is 4.79 Å². The fraction of sp³-hybridized carbons (Fsp3) is 0.158.